The van der Waals surface area contributed by atoms with Crippen LogP contribution in [0.25, 0.3) is 12.2 Å². The molecule has 0 atom stereocenters. The number of aromatic nitrogens is 1. The summed E-state index contributed by atoms with van der Waals surface area (Å²) in [7, 11) is 3.38. The normalized spacial score (nSPS) is 11.0. The molecule has 5 nitrogen and oxygen atoms in total. The lowest BCUT2D eigenvalue weighted by Crippen LogP contribution is -2.21. The first kappa shape index (κ1) is 15.4. The Hall–Kier alpha value is -1.99. The van der Waals surface area contributed by atoms with E-state index < -0.39 is 5.97 Å². The maximum absolute atomic E-state index is 11.7. The van der Waals surface area contributed by atoms with Crippen LogP contribution >= 0.6 is 22.7 Å². The minimum absolute atomic E-state index is 0.0384. The zero-order chi connectivity index (χ0) is 15.4. The monoisotopic (exact) mass is 322 g/mol. The molecule has 1 amide bonds. The van der Waals surface area contributed by atoms with Crippen LogP contribution < -0.4 is 0 Å². The van der Waals surface area contributed by atoms with Crippen LogP contribution in [0.1, 0.15) is 25.3 Å². The van der Waals surface area contributed by atoms with E-state index in [1.54, 1.807) is 20.2 Å². The number of carboxylic acids is 1. The Morgan fingerprint density at radius 3 is 2.76 bits per heavy atom. The zero-order valence-electron chi connectivity index (χ0n) is 11.6. The molecule has 21 heavy (non-hydrogen) atoms. The highest BCUT2D eigenvalue weighted by atomic mass is 32.1. The van der Waals surface area contributed by atoms with E-state index in [4.69, 9.17) is 5.11 Å². The van der Waals surface area contributed by atoms with Gasteiger partial charge in [0, 0.05) is 29.2 Å². The standard InChI is InChI=1S/C14H14N2O3S2/c1-16(2)14(19)13-15-9(8-20-13)3-4-10-5-6-11(21-10)7-12(17)18/h3-6,8H,7H2,1-2H3,(H,17,18)/b4-3-. The van der Waals surface area contributed by atoms with Crippen molar-refractivity contribution in [2.75, 3.05) is 14.1 Å². The molecule has 0 saturated carbocycles. The van der Waals surface area contributed by atoms with Gasteiger partial charge in [0.1, 0.15) is 0 Å². The van der Waals surface area contributed by atoms with Crippen LogP contribution in [0.4, 0.5) is 0 Å². The average molecular weight is 322 g/mol. The number of carbonyl (C=O) groups is 2. The summed E-state index contributed by atoms with van der Waals surface area (Å²) in [5.41, 5.74) is 0.721. The molecule has 2 heterocycles. The minimum atomic E-state index is -0.835. The number of nitrogens with zero attached hydrogens (tertiary/aromatic N) is 2. The average Bonchev–Trinajstić information content (AvgIpc) is 3.03. The van der Waals surface area contributed by atoms with Crippen LogP contribution in [-0.2, 0) is 11.2 Å². The molecule has 0 bridgehead atoms. The third-order valence-electron chi connectivity index (χ3n) is 2.54. The summed E-state index contributed by atoms with van der Waals surface area (Å²) in [5.74, 6) is -0.946. The van der Waals surface area contributed by atoms with Crippen molar-refractivity contribution >= 4 is 46.7 Å². The molecule has 0 aliphatic rings. The molecular weight excluding hydrogens is 308 g/mol. The van der Waals surface area contributed by atoms with Crippen LogP contribution in [0.3, 0.4) is 0 Å². The second-order valence-corrected chi connectivity index (χ2v) is 6.54. The van der Waals surface area contributed by atoms with Gasteiger partial charge in [-0.25, -0.2) is 4.98 Å². The maximum atomic E-state index is 11.7. The van der Waals surface area contributed by atoms with Crippen molar-refractivity contribution < 1.29 is 14.7 Å². The van der Waals surface area contributed by atoms with E-state index in [1.807, 2.05) is 23.6 Å². The Morgan fingerprint density at radius 1 is 1.33 bits per heavy atom. The molecule has 0 fully saturated rings. The predicted octanol–water partition coefficient (Wildman–Crippen LogP) is 2.70. The lowest BCUT2D eigenvalue weighted by atomic mass is 10.3. The van der Waals surface area contributed by atoms with Crippen molar-refractivity contribution in [3.63, 3.8) is 0 Å². The number of thiophene rings is 1. The quantitative estimate of drug-likeness (QED) is 0.919. The van der Waals surface area contributed by atoms with Crippen molar-refractivity contribution in [3.8, 4) is 0 Å². The van der Waals surface area contributed by atoms with E-state index in [0.29, 0.717) is 5.01 Å². The van der Waals surface area contributed by atoms with E-state index in [-0.39, 0.29) is 12.3 Å². The molecule has 2 aromatic heterocycles. The number of hydrogen-bond donors (Lipinski definition) is 1. The summed E-state index contributed by atoms with van der Waals surface area (Å²) in [6.07, 6.45) is 3.73. The van der Waals surface area contributed by atoms with Gasteiger partial charge in [-0.3, -0.25) is 9.59 Å². The first-order valence-electron chi connectivity index (χ1n) is 6.11. The molecule has 0 saturated heterocycles. The largest absolute Gasteiger partial charge is 0.481 e. The van der Waals surface area contributed by atoms with Crippen LogP contribution in [0, 0.1) is 0 Å². The minimum Gasteiger partial charge on any atom is -0.481 e. The van der Waals surface area contributed by atoms with Crippen molar-refractivity contribution in [1.82, 2.24) is 9.88 Å². The van der Waals surface area contributed by atoms with Gasteiger partial charge in [-0.2, -0.15) is 0 Å². The molecule has 0 aromatic carbocycles. The lowest BCUT2D eigenvalue weighted by molar-refractivity contribution is -0.136. The van der Waals surface area contributed by atoms with Gasteiger partial charge in [-0.05, 0) is 24.3 Å². The van der Waals surface area contributed by atoms with Crippen molar-refractivity contribution in [1.29, 1.82) is 0 Å². The van der Waals surface area contributed by atoms with Crippen LogP contribution in [0.15, 0.2) is 17.5 Å². The number of carboxylic acid groups (broad SMARTS) is 1. The Kier molecular flexibility index (Phi) is 4.87. The molecule has 2 aromatic rings. The first-order valence-corrected chi connectivity index (χ1v) is 7.81. The molecular formula is C14H14N2O3S2. The molecule has 7 heteroatoms. The van der Waals surface area contributed by atoms with E-state index >= 15 is 0 Å². The van der Waals surface area contributed by atoms with Gasteiger partial charge < -0.3 is 10.0 Å². The van der Waals surface area contributed by atoms with Gasteiger partial charge in [-0.1, -0.05) is 0 Å². The van der Waals surface area contributed by atoms with Crippen LogP contribution in [-0.4, -0.2) is 41.0 Å². The van der Waals surface area contributed by atoms with E-state index in [1.165, 1.54) is 27.6 Å². The number of amides is 1. The topological polar surface area (TPSA) is 70.5 Å². The highest BCUT2D eigenvalue weighted by Gasteiger charge is 2.11. The second kappa shape index (κ2) is 6.64. The third kappa shape index (κ3) is 4.24. The summed E-state index contributed by atoms with van der Waals surface area (Å²) in [5, 5.41) is 11.0. The van der Waals surface area contributed by atoms with Gasteiger partial charge in [0.2, 0.25) is 0 Å². The zero-order valence-corrected chi connectivity index (χ0v) is 13.2. The van der Waals surface area contributed by atoms with Crippen LogP contribution in [0.2, 0.25) is 0 Å². The van der Waals surface area contributed by atoms with Gasteiger partial charge in [0.25, 0.3) is 5.91 Å². The van der Waals surface area contributed by atoms with E-state index in [9.17, 15) is 9.59 Å². The lowest BCUT2D eigenvalue weighted by Gasteiger charge is -2.05. The van der Waals surface area contributed by atoms with Gasteiger partial charge >= 0.3 is 5.97 Å². The fourth-order valence-corrected chi connectivity index (χ4v) is 3.26. The molecule has 0 aliphatic carbocycles. The van der Waals surface area contributed by atoms with Crippen molar-refractivity contribution in [2.45, 2.75) is 6.42 Å². The summed E-state index contributed by atoms with van der Waals surface area (Å²) in [4.78, 5) is 29.9. The number of thiazole rings is 1. The Morgan fingerprint density at radius 2 is 2.10 bits per heavy atom. The highest BCUT2D eigenvalue weighted by molar-refractivity contribution is 7.13. The van der Waals surface area contributed by atoms with Crippen LogP contribution in [0.5, 0.6) is 0 Å². The number of aliphatic carboxylic acids is 1. The smallest absolute Gasteiger partial charge is 0.308 e. The van der Waals surface area contributed by atoms with Crippen molar-refractivity contribution in [3.05, 3.63) is 38.0 Å². The summed E-state index contributed by atoms with van der Waals surface area (Å²) in [6, 6.07) is 3.68. The number of rotatable bonds is 5. The molecule has 0 unspecified atom stereocenters. The van der Waals surface area contributed by atoms with Gasteiger partial charge in [-0.15, -0.1) is 22.7 Å². The van der Waals surface area contributed by atoms with Gasteiger partial charge in [0.05, 0.1) is 12.1 Å². The Labute approximate surface area is 130 Å². The fourth-order valence-electron chi connectivity index (χ4n) is 1.55. The summed E-state index contributed by atoms with van der Waals surface area (Å²) >= 11 is 2.74. The third-order valence-corrected chi connectivity index (χ3v) is 4.44. The molecule has 2 rings (SSSR count). The fraction of sp³-hybridized carbons (Fsp3) is 0.214. The number of hydrogen-bond acceptors (Lipinski definition) is 5. The SMILES string of the molecule is CN(C)C(=O)c1nc(/C=C\c2ccc(CC(=O)O)s2)cs1. The Bertz CT molecular complexity index is 686. The highest BCUT2D eigenvalue weighted by Crippen LogP contribution is 2.20. The van der Waals surface area contributed by atoms with E-state index in [2.05, 4.69) is 4.98 Å². The number of carbonyl (C=O) groups excluding carboxylic acids is 1. The molecule has 0 spiro atoms. The summed E-state index contributed by atoms with van der Waals surface area (Å²) in [6.45, 7) is 0. The second-order valence-electron chi connectivity index (χ2n) is 4.49. The summed E-state index contributed by atoms with van der Waals surface area (Å²) < 4.78 is 0. The maximum Gasteiger partial charge on any atom is 0.308 e. The predicted molar refractivity (Wildman–Crippen MR) is 84.7 cm³/mol. The first-order chi connectivity index (χ1) is 9.95. The molecule has 0 aliphatic heterocycles. The Balaban J connectivity index is 2.06. The van der Waals surface area contributed by atoms with Crippen molar-refractivity contribution in [2.24, 2.45) is 0 Å². The van der Waals surface area contributed by atoms with Gasteiger partial charge in [0.15, 0.2) is 5.01 Å². The van der Waals surface area contributed by atoms with E-state index in [0.717, 1.165) is 15.4 Å². The molecule has 1 N–H and O–H groups in total. The molecule has 110 valence electrons. The molecule has 0 radical (unpaired) electrons.